The molecule has 0 saturated heterocycles. The Bertz CT molecular complexity index is 753. The minimum absolute atomic E-state index is 0.405. The van der Waals surface area contributed by atoms with E-state index in [0.29, 0.717) is 32.3 Å². The Morgan fingerprint density at radius 2 is 1.55 bits per heavy atom. The van der Waals surface area contributed by atoms with Crippen LogP contribution in [0.4, 0.5) is 0 Å². The molecule has 0 saturated carbocycles. The van der Waals surface area contributed by atoms with E-state index in [-0.39, 0.29) is 0 Å². The van der Waals surface area contributed by atoms with E-state index in [4.69, 9.17) is 39.3 Å². The Morgan fingerprint density at radius 1 is 0.850 bits per heavy atom. The molecule has 0 unspecified atom stereocenters. The lowest BCUT2D eigenvalue weighted by Crippen LogP contribution is -1.83. The molecule has 100 valence electrons. The largest absolute Gasteiger partial charge is 0.334 e. The van der Waals surface area contributed by atoms with Gasteiger partial charge in [0.1, 0.15) is 0 Å². The Morgan fingerprint density at radius 3 is 2.25 bits per heavy atom. The quantitative estimate of drug-likeness (QED) is 0.636. The van der Waals surface area contributed by atoms with Crippen molar-refractivity contribution in [3.63, 3.8) is 0 Å². The fraction of sp³-hybridized carbons (Fsp3) is 0. The van der Waals surface area contributed by atoms with Gasteiger partial charge in [-0.05, 0) is 42.5 Å². The summed E-state index contributed by atoms with van der Waals surface area (Å²) in [5.74, 6) is 0.819. The number of nitrogens with zero attached hydrogens (tertiary/aromatic N) is 2. The van der Waals surface area contributed by atoms with Gasteiger partial charge in [-0.25, -0.2) is 0 Å². The van der Waals surface area contributed by atoms with Crippen molar-refractivity contribution < 1.29 is 4.52 Å². The fourth-order valence-corrected chi connectivity index (χ4v) is 2.33. The normalized spacial score (nSPS) is 10.8. The smallest absolute Gasteiger partial charge is 0.258 e. The lowest BCUT2D eigenvalue weighted by molar-refractivity contribution is 0.432. The summed E-state index contributed by atoms with van der Waals surface area (Å²) < 4.78 is 5.23. The van der Waals surface area contributed by atoms with Crippen LogP contribution in [0.2, 0.25) is 15.1 Å². The highest BCUT2D eigenvalue weighted by Gasteiger charge is 2.13. The fourth-order valence-electron chi connectivity index (χ4n) is 1.71. The first-order valence-corrected chi connectivity index (χ1v) is 6.82. The molecule has 0 bridgehead atoms. The third-order valence-corrected chi connectivity index (χ3v) is 3.49. The van der Waals surface area contributed by atoms with Gasteiger partial charge >= 0.3 is 0 Å². The lowest BCUT2D eigenvalue weighted by atomic mass is 10.2. The van der Waals surface area contributed by atoms with Gasteiger partial charge in [-0.2, -0.15) is 4.98 Å². The minimum atomic E-state index is 0.405. The molecule has 0 N–H and O–H groups in total. The number of hydrogen-bond donors (Lipinski definition) is 0. The van der Waals surface area contributed by atoms with Crippen molar-refractivity contribution >= 4 is 34.8 Å². The van der Waals surface area contributed by atoms with Gasteiger partial charge in [0.25, 0.3) is 5.89 Å². The molecule has 20 heavy (non-hydrogen) atoms. The summed E-state index contributed by atoms with van der Waals surface area (Å²) in [7, 11) is 0. The van der Waals surface area contributed by atoms with Crippen LogP contribution in [0.15, 0.2) is 47.0 Å². The first kappa shape index (κ1) is 13.4. The van der Waals surface area contributed by atoms with Crippen LogP contribution in [-0.4, -0.2) is 10.1 Å². The van der Waals surface area contributed by atoms with Crippen molar-refractivity contribution in [2.24, 2.45) is 0 Å². The van der Waals surface area contributed by atoms with Crippen molar-refractivity contribution in [3.8, 4) is 22.8 Å². The molecule has 0 spiro atoms. The summed E-state index contributed by atoms with van der Waals surface area (Å²) >= 11 is 17.8. The van der Waals surface area contributed by atoms with Crippen LogP contribution in [0.25, 0.3) is 22.8 Å². The van der Waals surface area contributed by atoms with Crippen molar-refractivity contribution in [2.75, 3.05) is 0 Å². The molecular formula is C14H7Cl3N2O. The zero-order valence-electron chi connectivity index (χ0n) is 9.98. The second-order valence-corrected chi connectivity index (χ2v) is 5.33. The summed E-state index contributed by atoms with van der Waals surface area (Å²) in [6.45, 7) is 0. The molecule has 0 radical (unpaired) electrons. The molecule has 0 aliphatic heterocycles. The van der Waals surface area contributed by atoms with Gasteiger partial charge in [0.2, 0.25) is 5.82 Å². The SMILES string of the molecule is Clc1ccc(-c2nc(-c3ccc(Cl)cc3Cl)no2)cc1. The summed E-state index contributed by atoms with van der Waals surface area (Å²) in [5, 5.41) is 5.61. The van der Waals surface area contributed by atoms with Crippen molar-refractivity contribution in [2.45, 2.75) is 0 Å². The Labute approximate surface area is 130 Å². The highest BCUT2D eigenvalue weighted by molar-refractivity contribution is 6.36. The van der Waals surface area contributed by atoms with Gasteiger partial charge in [-0.3, -0.25) is 0 Å². The van der Waals surface area contributed by atoms with Gasteiger partial charge in [0.05, 0.1) is 5.02 Å². The lowest BCUT2D eigenvalue weighted by Gasteiger charge is -1.98. The molecule has 3 nitrogen and oxygen atoms in total. The monoisotopic (exact) mass is 324 g/mol. The van der Waals surface area contributed by atoms with Gasteiger partial charge in [0.15, 0.2) is 0 Å². The van der Waals surface area contributed by atoms with Gasteiger partial charge in [-0.1, -0.05) is 40.0 Å². The Balaban J connectivity index is 1.99. The number of hydrogen-bond acceptors (Lipinski definition) is 3. The Kier molecular flexibility index (Phi) is 3.66. The molecule has 1 aromatic heterocycles. The average molecular weight is 326 g/mol. The van der Waals surface area contributed by atoms with E-state index < -0.39 is 0 Å². The predicted molar refractivity (Wildman–Crippen MR) is 80.2 cm³/mol. The molecule has 0 aliphatic rings. The maximum absolute atomic E-state index is 6.12. The number of rotatable bonds is 2. The van der Waals surface area contributed by atoms with E-state index in [9.17, 15) is 0 Å². The van der Waals surface area contributed by atoms with Crippen LogP contribution in [0.5, 0.6) is 0 Å². The van der Waals surface area contributed by atoms with Crippen LogP contribution < -0.4 is 0 Å². The topological polar surface area (TPSA) is 38.9 Å². The first-order chi connectivity index (χ1) is 9.63. The number of aromatic nitrogens is 2. The molecule has 1 heterocycles. The van der Waals surface area contributed by atoms with E-state index >= 15 is 0 Å². The average Bonchev–Trinajstić information content (AvgIpc) is 2.89. The molecule has 0 fully saturated rings. The zero-order valence-corrected chi connectivity index (χ0v) is 12.2. The van der Waals surface area contributed by atoms with E-state index in [1.54, 1.807) is 30.3 Å². The molecular weight excluding hydrogens is 319 g/mol. The van der Waals surface area contributed by atoms with E-state index in [0.717, 1.165) is 5.56 Å². The molecule has 6 heteroatoms. The van der Waals surface area contributed by atoms with Gasteiger partial charge in [-0.15, -0.1) is 0 Å². The number of benzene rings is 2. The van der Waals surface area contributed by atoms with Gasteiger partial charge < -0.3 is 4.52 Å². The second-order valence-electron chi connectivity index (χ2n) is 4.05. The molecule has 2 aromatic carbocycles. The maximum atomic E-state index is 6.12. The van der Waals surface area contributed by atoms with Crippen LogP contribution in [0.3, 0.4) is 0 Å². The van der Waals surface area contributed by atoms with Crippen molar-refractivity contribution in [1.82, 2.24) is 10.1 Å². The van der Waals surface area contributed by atoms with E-state index in [1.165, 1.54) is 0 Å². The highest BCUT2D eigenvalue weighted by atomic mass is 35.5. The second kappa shape index (κ2) is 5.44. The zero-order chi connectivity index (χ0) is 14.1. The molecule has 0 aliphatic carbocycles. The summed E-state index contributed by atoms with van der Waals surface area (Å²) in [6, 6.07) is 12.2. The Hall–Kier alpha value is -1.55. The predicted octanol–water partition coefficient (Wildman–Crippen LogP) is 5.36. The maximum Gasteiger partial charge on any atom is 0.258 e. The summed E-state index contributed by atoms with van der Waals surface area (Å²) in [5.41, 5.74) is 1.46. The van der Waals surface area contributed by atoms with E-state index in [1.807, 2.05) is 12.1 Å². The molecule has 0 amide bonds. The van der Waals surface area contributed by atoms with Gasteiger partial charge in [0, 0.05) is 21.2 Å². The minimum Gasteiger partial charge on any atom is -0.334 e. The summed E-state index contributed by atoms with van der Waals surface area (Å²) in [6.07, 6.45) is 0. The first-order valence-electron chi connectivity index (χ1n) is 5.68. The van der Waals surface area contributed by atoms with Crippen molar-refractivity contribution in [1.29, 1.82) is 0 Å². The van der Waals surface area contributed by atoms with Crippen LogP contribution in [-0.2, 0) is 0 Å². The van der Waals surface area contributed by atoms with E-state index in [2.05, 4.69) is 10.1 Å². The molecule has 0 atom stereocenters. The highest BCUT2D eigenvalue weighted by Crippen LogP contribution is 2.30. The van der Waals surface area contributed by atoms with Crippen LogP contribution in [0.1, 0.15) is 0 Å². The van der Waals surface area contributed by atoms with Crippen LogP contribution in [0, 0.1) is 0 Å². The molecule has 3 aromatic rings. The standard InChI is InChI=1S/C14H7Cl3N2O/c15-9-3-1-8(2-4-9)14-18-13(19-20-14)11-6-5-10(16)7-12(11)17/h1-7H. The number of halogens is 3. The molecule has 3 rings (SSSR count). The van der Waals surface area contributed by atoms with Crippen LogP contribution >= 0.6 is 34.8 Å². The summed E-state index contributed by atoms with van der Waals surface area (Å²) in [4.78, 5) is 4.32. The van der Waals surface area contributed by atoms with Crippen molar-refractivity contribution in [3.05, 3.63) is 57.5 Å². The third kappa shape index (κ3) is 2.66. The third-order valence-electron chi connectivity index (χ3n) is 2.69.